The Labute approximate surface area is 99.6 Å². The lowest BCUT2D eigenvalue weighted by Crippen LogP contribution is -2.19. The third-order valence-electron chi connectivity index (χ3n) is 3.78. The third-order valence-corrected chi connectivity index (χ3v) is 4.47. The fourth-order valence-electron chi connectivity index (χ4n) is 2.76. The van der Waals surface area contributed by atoms with Crippen molar-refractivity contribution in [3.05, 3.63) is 34.3 Å². The average molecular weight is 269 g/mol. The first-order chi connectivity index (χ1) is 7.13. The highest BCUT2D eigenvalue weighted by molar-refractivity contribution is 9.10. The number of hydrogen-bond acceptors (Lipinski definition) is 1. The molecule has 0 heterocycles. The van der Waals surface area contributed by atoms with E-state index in [0.717, 1.165) is 6.42 Å². The SMILES string of the molecule is CC(C)C1(c2ccccc2Br)CC1CO. The van der Waals surface area contributed by atoms with Crippen LogP contribution in [0.25, 0.3) is 0 Å². The predicted molar refractivity (Wildman–Crippen MR) is 65.9 cm³/mol. The highest BCUT2D eigenvalue weighted by Gasteiger charge is 2.57. The molecule has 2 heteroatoms. The molecule has 1 aliphatic carbocycles. The van der Waals surface area contributed by atoms with Crippen LogP contribution in [0.4, 0.5) is 0 Å². The van der Waals surface area contributed by atoms with Gasteiger partial charge in [-0.05, 0) is 29.9 Å². The minimum Gasteiger partial charge on any atom is -0.396 e. The molecular weight excluding hydrogens is 252 g/mol. The van der Waals surface area contributed by atoms with Crippen molar-refractivity contribution in [1.82, 2.24) is 0 Å². The molecule has 2 atom stereocenters. The Kier molecular flexibility index (Phi) is 2.91. The van der Waals surface area contributed by atoms with Crippen molar-refractivity contribution in [2.75, 3.05) is 6.61 Å². The molecule has 1 aromatic carbocycles. The summed E-state index contributed by atoms with van der Waals surface area (Å²) in [7, 11) is 0. The normalized spacial score (nSPS) is 29.5. The molecule has 2 rings (SSSR count). The van der Waals surface area contributed by atoms with Crippen LogP contribution >= 0.6 is 15.9 Å². The van der Waals surface area contributed by atoms with Crippen molar-refractivity contribution in [3.8, 4) is 0 Å². The first kappa shape index (κ1) is 11.2. The van der Waals surface area contributed by atoms with Gasteiger partial charge in [-0.2, -0.15) is 0 Å². The Bertz CT molecular complexity index is 361. The topological polar surface area (TPSA) is 20.2 Å². The van der Waals surface area contributed by atoms with Crippen molar-refractivity contribution >= 4 is 15.9 Å². The van der Waals surface area contributed by atoms with Crippen molar-refractivity contribution in [3.63, 3.8) is 0 Å². The van der Waals surface area contributed by atoms with Crippen molar-refractivity contribution < 1.29 is 5.11 Å². The Balaban J connectivity index is 2.40. The van der Waals surface area contributed by atoms with Crippen LogP contribution in [0.5, 0.6) is 0 Å². The molecule has 0 amide bonds. The maximum Gasteiger partial charge on any atom is 0.0468 e. The van der Waals surface area contributed by atoms with Gasteiger partial charge < -0.3 is 5.11 Å². The van der Waals surface area contributed by atoms with Crippen molar-refractivity contribution in [2.24, 2.45) is 11.8 Å². The molecule has 1 aromatic rings. The number of benzene rings is 1. The summed E-state index contributed by atoms with van der Waals surface area (Å²) in [6.07, 6.45) is 1.11. The molecule has 1 fully saturated rings. The molecule has 0 saturated heterocycles. The number of rotatable bonds is 3. The average Bonchev–Trinajstić information content (AvgIpc) is 2.94. The second-order valence-corrected chi connectivity index (χ2v) is 5.61. The van der Waals surface area contributed by atoms with Gasteiger partial charge in [-0.15, -0.1) is 0 Å². The molecule has 1 saturated carbocycles. The summed E-state index contributed by atoms with van der Waals surface area (Å²) in [5.41, 5.74) is 1.56. The van der Waals surface area contributed by atoms with Crippen molar-refractivity contribution in [2.45, 2.75) is 25.7 Å². The molecule has 2 unspecified atom stereocenters. The number of halogens is 1. The van der Waals surface area contributed by atoms with Gasteiger partial charge in [0.05, 0.1) is 0 Å². The highest BCUT2D eigenvalue weighted by atomic mass is 79.9. The third kappa shape index (κ3) is 1.64. The van der Waals surface area contributed by atoms with E-state index in [0.29, 0.717) is 18.4 Å². The summed E-state index contributed by atoms with van der Waals surface area (Å²) in [5.74, 6) is 1.02. The van der Waals surface area contributed by atoms with E-state index in [1.807, 2.05) is 6.07 Å². The van der Waals surface area contributed by atoms with Gasteiger partial charge in [-0.3, -0.25) is 0 Å². The van der Waals surface area contributed by atoms with E-state index in [1.54, 1.807) is 0 Å². The predicted octanol–water partition coefficient (Wildman–Crippen LogP) is 3.36. The number of hydrogen-bond donors (Lipinski definition) is 1. The Morgan fingerprint density at radius 3 is 2.60 bits per heavy atom. The van der Waals surface area contributed by atoms with Crippen LogP contribution in [0.2, 0.25) is 0 Å². The van der Waals surface area contributed by atoms with E-state index >= 15 is 0 Å². The minimum absolute atomic E-state index is 0.203. The van der Waals surface area contributed by atoms with Gasteiger partial charge >= 0.3 is 0 Å². The molecule has 0 spiro atoms. The van der Waals surface area contributed by atoms with Gasteiger partial charge in [0.1, 0.15) is 0 Å². The van der Waals surface area contributed by atoms with E-state index < -0.39 is 0 Å². The Morgan fingerprint density at radius 2 is 2.13 bits per heavy atom. The van der Waals surface area contributed by atoms with Crippen LogP contribution in [-0.2, 0) is 5.41 Å². The number of aliphatic hydroxyl groups excluding tert-OH is 1. The van der Waals surface area contributed by atoms with Crippen LogP contribution in [-0.4, -0.2) is 11.7 Å². The van der Waals surface area contributed by atoms with E-state index in [4.69, 9.17) is 0 Å². The second kappa shape index (κ2) is 3.91. The number of aliphatic hydroxyl groups is 1. The zero-order chi connectivity index (χ0) is 11.1. The van der Waals surface area contributed by atoms with Gasteiger partial charge in [0.25, 0.3) is 0 Å². The van der Waals surface area contributed by atoms with Gasteiger partial charge in [-0.25, -0.2) is 0 Å². The second-order valence-electron chi connectivity index (χ2n) is 4.76. The molecule has 82 valence electrons. The van der Waals surface area contributed by atoms with E-state index in [1.165, 1.54) is 10.0 Å². The van der Waals surface area contributed by atoms with Crippen LogP contribution in [0.1, 0.15) is 25.8 Å². The minimum atomic E-state index is 0.203. The lowest BCUT2D eigenvalue weighted by Gasteiger charge is -2.23. The van der Waals surface area contributed by atoms with Crippen LogP contribution < -0.4 is 0 Å². The van der Waals surface area contributed by atoms with Gasteiger partial charge in [-0.1, -0.05) is 48.0 Å². The fourth-order valence-corrected chi connectivity index (χ4v) is 3.42. The maximum absolute atomic E-state index is 9.33. The molecule has 0 aromatic heterocycles. The van der Waals surface area contributed by atoms with E-state index in [-0.39, 0.29) is 5.41 Å². The van der Waals surface area contributed by atoms with Crippen LogP contribution in [0.3, 0.4) is 0 Å². The van der Waals surface area contributed by atoms with E-state index in [2.05, 4.69) is 48.0 Å². The van der Waals surface area contributed by atoms with Crippen LogP contribution in [0.15, 0.2) is 28.7 Å². The molecule has 1 aliphatic rings. The monoisotopic (exact) mass is 268 g/mol. The maximum atomic E-state index is 9.33. The van der Waals surface area contributed by atoms with Gasteiger partial charge in [0, 0.05) is 16.5 Å². The molecule has 1 N–H and O–H groups in total. The standard InChI is InChI=1S/C13H17BrO/c1-9(2)13(7-10(13)8-15)11-5-3-4-6-12(11)14/h3-6,9-10,15H,7-8H2,1-2H3. The highest BCUT2D eigenvalue weighted by Crippen LogP contribution is 2.60. The summed E-state index contributed by atoms with van der Waals surface area (Å²) in [4.78, 5) is 0. The first-order valence-electron chi connectivity index (χ1n) is 5.48. The van der Waals surface area contributed by atoms with Crippen LogP contribution in [0, 0.1) is 11.8 Å². The lowest BCUT2D eigenvalue weighted by atomic mass is 9.83. The lowest BCUT2D eigenvalue weighted by molar-refractivity contribution is 0.252. The first-order valence-corrected chi connectivity index (χ1v) is 6.28. The molecule has 0 aliphatic heterocycles. The fraction of sp³-hybridized carbons (Fsp3) is 0.538. The molecule has 0 bridgehead atoms. The molecule has 0 radical (unpaired) electrons. The smallest absolute Gasteiger partial charge is 0.0468 e. The summed E-state index contributed by atoms with van der Waals surface area (Å²) < 4.78 is 1.18. The van der Waals surface area contributed by atoms with Gasteiger partial charge in [0.15, 0.2) is 0 Å². The summed E-state index contributed by atoms with van der Waals surface area (Å²) in [6.45, 7) is 4.80. The molecular formula is C13H17BrO. The zero-order valence-corrected chi connectivity index (χ0v) is 10.8. The Hall–Kier alpha value is -0.340. The largest absolute Gasteiger partial charge is 0.396 e. The van der Waals surface area contributed by atoms with Crippen molar-refractivity contribution in [1.29, 1.82) is 0 Å². The summed E-state index contributed by atoms with van der Waals surface area (Å²) in [5, 5.41) is 9.33. The molecule has 1 nitrogen and oxygen atoms in total. The van der Waals surface area contributed by atoms with Gasteiger partial charge in [0.2, 0.25) is 0 Å². The summed E-state index contributed by atoms with van der Waals surface area (Å²) >= 11 is 3.62. The Morgan fingerprint density at radius 1 is 1.47 bits per heavy atom. The quantitative estimate of drug-likeness (QED) is 0.892. The molecule has 15 heavy (non-hydrogen) atoms. The zero-order valence-electron chi connectivity index (χ0n) is 9.20. The van der Waals surface area contributed by atoms with E-state index in [9.17, 15) is 5.11 Å². The summed E-state index contributed by atoms with van der Waals surface area (Å²) in [6, 6.07) is 8.39.